The van der Waals surface area contributed by atoms with E-state index in [1.807, 2.05) is 19.9 Å². The van der Waals surface area contributed by atoms with Crippen molar-refractivity contribution in [2.75, 3.05) is 26.4 Å². The lowest BCUT2D eigenvalue weighted by molar-refractivity contribution is 0.0926. The first-order valence-corrected chi connectivity index (χ1v) is 7.06. The van der Waals surface area contributed by atoms with Crippen LogP contribution in [0.15, 0.2) is 6.07 Å². The highest BCUT2D eigenvalue weighted by atomic mass is 32.1. The average molecular weight is 281 g/mol. The fourth-order valence-corrected chi connectivity index (χ4v) is 2.35. The Labute approximate surface area is 117 Å². The zero-order valence-electron chi connectivity index (χ0n) is 11.3. The van der Waals surface area contributed by atoms with Gasteiger partial charge in [-0.2, -0.15) is 0 Å². The highest BCUT2D eigenvalue weighted by Gasteiger charge is 2.10. The summed E-state index contributed by atoms with van der Waals surface area (Å²) in [4.78, 5) is 13.4. The number of carbonyl (C=O) groups is 1. The first kappa shape index (κ1) is 15.7. The second-order valence-electron chi connectivity index (χ2n) is 3.85. The van der Waals surface area contributed by atoms with Gasteiger partial charge in [0.15, 0.2) is 0 Å². The van der Waals surface area contributed by atoms with E-state index in [1.165, 1.54) is 11.3 Å². The Morgan fingerprint density at radius 1 is 1.58 bits per heavy atom. The van der Waals surface area contributed by atoms with Crippen molar-refractivity contribution < 1.29 is 14.6 Å². The van der Waals surface area contributed by atoms with Crippen LogP contribution in [0.2, 0.25) is 0 Å². The van der Waals surface area contributed by atoms with E-state index < -0.39 is 0 Å². The number of ether oxygens (including phenoxy) is 1. The minimum atomic E-state index is -0.0944. The van der Waals surface area contributed by atoms with Gasteiger partial charge in [0.05, 0.1) is 23.0 Å². The molecule has 0 aromatic carbocycles. The van der Waals surface area contributed by atoms with Gasteiger partial charge < -0.3 is 15.2 Å². The second kappa shape index (κ2) is 8.70. The van der Waals surface area contributed by atoms with Crippen LogP contribution < -0.4 is 5.32 Å². The molecule has 2 N–H and O–H groups in total. The Balaban J connectivity index is 2.57. The van der Waals surface area contributed by atoms with Crippen LogP contribution in [0.4, 0.5) is 0 Å². The number of aliphatic hydroxyl groups is 1. The number of aryl methyl sites for hydroxylation is 1. The van der Waals surface area contributed by atoms with Crippen molar-refractivity contribution in [2.45, 2.75) is 20.3 Å². The van der Waals surface area contributed by atoms with E-state index in [0.29, 0.717) is 31.1 Å². The largest absolute Gasteiger partial charge is 0.395 e. The van der Waals surface area contributed by atoms with E-state index in [9.17, 15) is 4.79 Å². The minimum absolute atomic E-state index is 0.0577. The zero-order chi connectivity index (χ0) is 14.1. The molecule has 0 radical (unpaired) electrons. The smallest absolute Gasteiger partial charge is 0.261 e. The molecule has 0 spiro atoms. The second-order valence-corrected chi connectivity index (χ2v) is 4.90. The zero-order valence-corrected chi connectivity index (χ0v) is 12.1. The van der Waals surface area contributed by atoms with Crippen molar-refractivity contribution in [3.8, 4) is 11.8 Å². The summed E-state index contributed by atoms with van der Waals surface area (Å²) in [5, 5.41) is 11.5. The van der Waals surface area contributed by atoms with Crippen molar-refractivity contribution in [3.05, 3.63) is 21.4 Å². The Morgan fingerprint density at radius 2 is 2.37 bits per heavy atom. The van der Waals surface area contributed by atoms with E-state index in [2.05, 4.69) is 17.2 Å². The number of thiophene rings is 1. The first-order valence-electron chi connectivity index (χ1n) is 6.25. The summed E-state index contributed by atoms with van der Waals surface area (Å²) in [5.41, 5.74) is 0.991. The molecular formula is C14H19NO3S. The van der Waals surface area contributed by atoms with Crippen LogP contribution in [-0.4, -0.2) is 37.4 Å². The van der Waals surface area contributed by atoms with Crippen LogP contribution in [-0.2, 0) is 4.74 Å². The van der Waals surface area contributed by atoms with Gasteiger partial charge in [-0.15, -0.1) is 11.3 Å². The van der Waals surface area contributed by atoms with Gasteiger partial charge in [-0.25, -0.2) is 0 Å². The topological polar surface area (TPSA) is 58.6 Å². The maximum atomic E-state index is 11.9. The predicted octanol–water partition coefficient (Wildman–Crippen LogP) is 1.56. The molecule has 1 heterocycles. The van der Waals surface area contributed by atoms with E-state index in [4.69, 9.17) is 9.84 Å². The monoisotopic (exact) mass is 281 g/mol. The van der Waals surface area contributed by atoms with Crippen molar-refractivity contribution in [1.29, 1.82) is 0 Å². The van der Waals surface area contributed by atoms with Crippen molar-refractivity contribution in [2.24, 2.45) is 0 Å². The molecule has 0 saturated heterocycles. The van der Waals surface area contributed by atoms with Crippen LogP contribution in [0.1, 0.15) is 33.5 Å². The fourth-order valence-electron chi connectivity index (χ4n) is 1.38. The number of carbonyl (C=O) groups excluding carboxylic acids is 1. The van der Waals surface area contributed by atoms with Crippen molar-refractivity contribution in [3.63, 3.8) is 0 Å². The molecule has 0 bridgehead atoms. The van der Waals surface area contributed by atoms with Gasteiger partial charge in [0, 0.05) is 19.6 Å². The summed E-state index contributed by atoms with van der Waals surface area (Å²) in [6, 6.07) is 1.84. The number of hydrogen-bond donors (Lipinski definition) is 2. The van der Waals surface area contributed by atoms with Crippen LogP contribution in [0.3, 0.4) is 0 Å². The molecular weight excluding hydrogens is 262 g/mol. The molecule has 19 heavy (non-hydrogen) atoms. The van der Waals surface area contributed by atoms with Gasteiger partial charge in [0.1, 0.15) is 0 Å². The molecule has 0 unspecified atom stereocenters. The third kappa shape index (κ3) is 5.43. The summed E-state index contributed by atoms with van der Waals surface area (Å²) >= 11 is 1.37. The Bertz CT molecular complexity index is 471. The molecule has 5 heteroatoms. The summed E-state index contributed by atoms with van der Waals surface area (Å²) in [6.45, 7) is 5.59. The Morgan fingerprint density at radius 3 is 3.05 bits per heavy atom. The lowest BCUT2D eigenvalue weighted by Crippen LogP contribution is -2.26. The normalized spacial score (nSPS) is 9.84. The van der Waals surface area contributed by atoms with Gasteiger partial charge >= 0.3 is 0 Å². The van der Waals surface area contributed by atoms with Crippen LogP contribution in [0, 0.1) is 18.8 Å². The van der Waals surface area contributed by atoms with Gasteiger partial charge in [-0.1, -0.05) is 11.8 Å². The molecule has 1 aromatic heterocycles. The van der Waals surface area contributed by atoms with E-state index in [0.717, 1.165) is 10.4 Å². The predicted molar refractivity (Wildman–Crippen MR) is 76.5 cm³/mol. The van der Waals surface area contributed by atoms with E-state index >= 15 is 0 Å². The average Bonchev–Trinajstić information content (AvgIpc) is 2.77. The molecule has 1 amide bonds. The molecule has 0 aliphatic heterocycles. The Hall–Kier alpha value is -1.35. The molecule has 0 atom stereocenters. The molecule has 0 aliphatic carbocycles. The summed E-state index contributed by atoms with van der Waals surface area (Å²) in [5.74, 6) is 5.74. The number of hydrogen-bond acceptors (Lipinski definition) is 4. The van der Waals surface area contributed by atoms with Crippen molar-refractivity contribution in [1.82, 2.24) is 5.32 Å². The molecule has 4 nitrogen and oxygen atoms in total. The third-order valence-corrected chi connectivity index (χ3v) is 3.47. The van der Waals surface area contributed by atoms with Crippen LogP contribution in [0.25, 0.3) is 0 Å². The van der Waals surface area contributed by atoms with Gasteiger partial charge in [-0.3, -0.25) is 4.79 Å². The number of rotatable bonds is 6. The van der Waals surface area contributed by atoms with Gasteiger partial charge in [0.2, 0.25) is 0 Å². The molecule has 0 aliphatic rings. The maximum Gasteiger partial charge on any atom is 0.261 e. The van der Waals surface area contributed by atoms with Crippen molar-refractivity contribution >= 4 is 17.2 Å². The van der Waals surface area contributed by atoms with E-state index in [1.54, 1.807) is 0 Å². The molecule has 0 saturated carbocycles. The third-order valence-electron chi connectivity index (χ3n) is 2.32. The summed E-state index contributed by atoms with van der Waals surface area (Å²) in [7, 11) is 0. The molecule has 0 fully saturated rings. The standard InChI is InChI=1S/C14H19NO3S/c1-3-18-9-7-15-14(17)13-10-11(2)12(19-13)6-4-5-8-16/h10,16H,3,5,7-9H2,1-2H3,(H,15,17). The van der Waals surface area contributed by atoms with Crippen LogP contribution >= 0.6 is 11.3 Å². The number of amides is 1. The molecule has 1 rings (SSSR count). The highest BCUT2D eigenvalue weighted by Crippen LogP contribution is 2.20. The van der Waals surface area contributed by atoms with E-state index in [-0.39, 0.29) is 12.5 Å². The fraction of sp³-hybridized carbons (Fsp3) is 0.500. The summed E-state index contributed by atoms with van der Waals surface area (Å²) < 4.78 is 5.16. The Kier molecular flexibility index (Phi) is 7.19. The molecule has 1 aromatic rings. The number of nitrogens with one attached hydrogen (secondary N) is 1. The highest BCUT2D eigenvalue weighted by molar-refractivity contribution is 7.14. The molecule has 104 valence electrons. The van der Waals surface area contributed by atoms with Gasteiger partial charge in [-0.05, 0) is 25.5 Å². The SMILES string of the molecule is CCOCCNC(=O)c1cc(C)c(C#CCCO)s1. The quantitative estimate of drug-likeness (QED) is 0.614. The first-order chi connectivity index (χ1) is 9.19. The summed E-state index contributed by atoms with van der Waals surface area (Å²) in [6.07, 6.45) is 0.452. The lowest BCUT2D eigenvalue weighted by Gasteiger charge is -2.02. The number of aliphatic hydroxyl groups excluding tert-OH is 1. The minimum Gasteiger partial charge on any atom is -0.395 e. The maximum absolute atomic E-state index is 11.9. The lowest BCUT2D eigenvalue weighted by atomic mass is 10.2. The van der Waals surface area contributed by atoms with Crippen LogP contribution in [0.5, 0.6) is 0 Å². The van der Waals surface area contributed by atoms with Gasteiger partial charge in [0.25, 0.3) is 5.91 Å².